The van der Waals surface area contributed by atoms with E-state index in [2.05, 4.69) is 22.3 Å². The second kappa shape index (κ2) is 12.0. The van der Waals surface area contributed by atoms with Crippen LogP contribution in [-0.2, 0) is 11.2 Å². The molecule has 24 heavy (non-hydrogen) atoms. The van der Waals surface area contributed by atoms with Crippen molar-refractivity contribution in [1.82, 2.24) is 4.90 Å². The molecule has 0 aromatic heterocycles. The summed E-state index contributed by atoms with van der Waals surface area (Å²) >= 11 is 2.04. The Morgan fingerprint density at radius 1 is 1.21 bits per heavy atom. The quantitative estimate of drug-likeness (QED) is 0.779. The van der Waals surface area contributed by atoms with Crippen molar-refractivity contribution in [2.75, 3.05) is 36.5 Å². The minimum absolute atomic E-state index is 0. The number of hydrogen-bond acceptors (Lipinski definition) is 4. The lowest BCUT2D eigenvalue weighted by Crippen LogP contribution is -2.34. The van der Waals surface area contributed by atoms with Crippen molar-refractivity contribution in [3.8, 4) is 0 Å². The first-order chi connectivity index (χ1) is 10.6. The molecule has 0 bridgehead atoms. The standard InChI is InChI=1S/C17H27N3OS.2ClH/c1-13(14(2)18)17(21)19-16-5-3-15(4-6-16)7-8-20-9-11-22-12-10-20;;/h3-6,13-14H,7-12,18H2,1-2H3,(H,19,21);2*1H. The van der Waals surface area contributed by atoms with Gasteiger partial charge < -0.3 is 16.0 Å². The summed E-state index contributed by atoms with van der Waals surface area (Å²) in [4.78, 5) is 14.5. The van der Waals surface area contributed by atoms with Crippen LogP contribution < -0.4 is 11.1 Å². The van der Waals surface area contributed by atoms with Crippen molar-refractivity contribution >= 4 is 48.2 Å². The van der Waals surface area contributed by atoms with Gasteiger partial charge in [-0.15, -0.1) is 24.8 Å². The van der Waals surface area contributed by atoms with E-state index in [0.717, 1.165) is 18.7 Å². The van der Waals surface area contributed by atoms with Gasteiger partial charge in [-0.3, -0.25) is 4.79 Å². The zero-order valence-corrected chi connectivity index (χ0v) is 16.8. The molecule has 0 saturated carbocycles. The number of benzene rings is 1. The van der Waals surface area contributed by atoms with E-state index in [4.69, 9.17) is 5.73 Å². The van der Waals surface area contributed by atoms with Crippen LogP contribution in [0.25, 0.3) is 0 Å². The molecule has 4 nitrogen and oxygen atoms in total. The first-order valence-corrected chi connectivity index (χ1v) is 9.17. The minimum Gasteiger partial charge on any atom is -0.327 e. The summed E-state index contributed by atoms with van der Waals surface area (Å²) in [5, 5.41) is 2.92. The average molecular weight is 394 g/mol. The van der Waals surface area contributed by atoms with E-state index in [9.17, 15) is 4.79 Å². The molecular weight excluding hydrogens is 365 g/mol. The molecule has 1 saturated heterocycles. The molecule has 2 rings (SSSR count). The van der Waals surface area contributed by atoms with Gasteiger partial charge in [0.2, 0.25) is 5.91 Å². The summed E-state index contributed by atoms with van der Waals surface area (Å²) in [5.41, 5.74) is 7.92. The van der Waals surface area contributed by atoms with Crippen LogP contribution in [-0.4, -0.2) is 48.0 Å². The summed E-state index contributed by atoms with van der Waals surface area (Å²) < 4.78 is 0. The predicted molar refractivity (Wildman–Crippen MR) is 110 cm³/mol. The van der Waals surface area contributed by atoms with Crippen molar-refractivity contribution < 1.29 is 4.79 Å². The molecule has 0 radical (unpaired) electrons. The molecule has 2 atom stereocenters. The van der Waals surface area contributed by atoms with Gasteiger partial charge in [0.05, 0.1) is 5.92 Å². The average Bonchev–Trinajstić information content (AvgIpc) is 2.54. The predicted octanol–water partition coefficient (Wildman–Crippen LogP) is 3.04. The molecule has 1 aliphatic heterocycles. The number of nitrogens with one attached hydrogen (secondary N) is 1. The normalized spacial score (nSPS) is 17.1. The third kappa shape index (κ3) is 7.62. The van der Waals surface area contributed by atoms with Gasteiger partial charge in [-0.1, -0.05) is 19.1 Å². The smallest absolute Gasteiger partial charge is 0.228 e. The molecule has 1 aliphatic rings. The Kier molecular flexibility index (Phi) is 11.8. The number of nitrogens with two attached hydrogens (primary N) is 1. The highest BCUT2D eigenvalue weighted by molar-refractivity contribution is 7.99. The third-order valence-electron chi connectivity index (χ3n) is 4.24. The molecule has 0 aliphatic carbocycles. The van der Waals surface area contributed by atoms with Crippen LogP contribution in [0.4, 0.5) is 5.69 Å². The van der Waals surface area contributed by atoms with E-state index < -0.39 is 0 Å². The van der Waals surface area contributed by atoms with Crippen molar-refractivity contribution in [3.63, 3.8) is 0 Å². The van der Waals surface area contributed by atoms with Gasteiger partial charge in [0.1, 0.15) is 0 Å². The maximum absolute atomic E-state index is 12.0. The second-order valence-corrected chi connectivity index (χ2v) is 7.26. The zero-order chi connectivity index (χ0) is 15.9. The van der Waals surface area contributed by atoms with Crippen LogP contribution in [0, 0.1) is 5.92 Å². The maximum atomic E-state index is 12.0. The highest BCUT2D eigenvalue weighted by atomic mass is 35.5. The van der Waals surface area contributed by atoms with Crippen molar-refractivity contribution in [3.05, 3.63) is 29.8 Å². The Labute approximate surface area is 162 Å². The van der Waals surface area contributed by atoms with Crippen LogP contribution in [0.3, 0.4) is 0 Å². The SMILES string of the molecule is CC(N)C(C)C(=O)Nc1ccc(CCN2CCSCC2)cc1.Cl.Cl. The lowest BCUT2D eigenvalue weighted by Gasteiger charge is -2.26. The van der Waals surface area contributed by atoms with Crippen LogP contribution in [0.5, 0.6) is 0 Å². The Morgan fingerprint density at radius 3 is 2.33 bits per heavy atom. The monoisotopic (exact) mass is 393 g/mol. The van der Waals surface area contributed by atoms with E-state index in [1.807, 2.05) is 37.7 Å². The van der Waals surface area contributed by atoms with E-state index in [1.54, 1.807) is 0 Å². The van der Waals surface area contributed by atoms with Crippen LogP contribution in [0.15, 0.2) is 24.3 Å². The van der Waals surface area contributed by atoms with Gasteiger partial charge >= 0.3 is 0 Å². The Morgan fingerprint density at radius 2 is 1.79 bits per heavy atom. The van der Waals surface area contributed by atoms with Gasteiger partial charge in [-0.25, -0.2) is 0 Å². The molecular formula is C17H29Cl2N3OS. The van der Waals surface area contributed by atoms with Gasteiger partial charge in [0.25, 0.3) is 0 Å². The summed E-state index contributed by atoms with van der Waals surface area (Å²) in [5.74, 6) is 2.30. The molecule has 7 heteroatoms. The van der Waals surface area contributed by atoms with Gasteiger partial charge in [0, 0.05) is 42.9 Å². The molecule has 3 N–H and O–H groups in total. The number of amides is 1. The first kappa shape index (κ1) is 23.5. The fourth-order valence-corrected chi connectivity index (χ4v) is 3.34. The number of anilines is 1. The largest absolute Gasteiger partial charge is 0.327 e. The Hall–Kier alpha value is -0.460. The number of hydrogen-bond donors (Lipinski definition) is 2. The van der Waals surface area contributed by atoms with Crippen molar-refractivity contribution in [1.29, 1.82) is 0 Å². The molecule has 2 unspecified atom stereocenters. The summed E-state index contributed by atoms with van der Waals surface area (Å²) in [6.07, 6.45) is 1.06. The van der Waals surface area contributed by atoms with E-state index in [1.165, 1.54) is 30.2 Å². The number of thioether (sulfide) groups is 1. The van der Waals surface area contributed by atoms with Crippen molar-refractivity contribution in [2.45, 2.75) is 26.3 Å². The van der Waals surface area contributed by atoms with E-state index in [-0.39, 0.29) is 42.7 Å². The molecule has 1 aromatic carbocycles. The topological polar surface area (TPSA) is 58.4 Å². The highest BCUT2D eigenvalue weighted by Crippen LogP contribution is 2.14. The summed E-state index contributed by atoms with van der Waals surface area (Å²) in [7, 11) is 0. The number of halogens is 2. The molecule has 1 amide bonds. The lowest BCUT2D eigenvalue weighted by molar-refractivity contribution is -0.119. The van der Waals surface area contributed by atoms with Crippen LogP contribution in [0.2, 0.25) is 0 Å². The van der Waals surface area contributed by atoms with Gasteiger partial charge in [-0.2, -0.15) is 11.8 Å². The summed E-state index contributed by atoms with van der Waals surface area (Å²) in [6, 6.07) is 8.03. The number of carbonyl (C=O) groups is 1. The van der Waals surface area contributed by atoms with Crippen LogP contribution in [0.1, 0.15) is 19.4 Å². The molecule has 1 heterocycles. The van der Waals surface area contributed by atoms with Crippen molar-refractivity contribution in [2.24, 2.45) is 11.7 Å². The Balaban J connectivity index is 0.00000264. The molecule has 138 valence electrons. The van der Waals surface area contributed by atoms with Crippen LogP contribution >= 0.6 is 36.6 Å². The number of rotatable bonds is 6. The summed E-state index contributed by atoms with van der Waals surface area (Å²) in [6.45, 7) is 7.23. The molecule has 1 aromatic rings. The third-order valence-corrected chi connectivity index (χ3v) is 5.19. The number of carbonyl (C=O) groups excluding carboxylic acids is 1. The fourth-order valence-electron chi connectivity index (χ4n) is 2.36. The first-order valence-electron chi connectivity index (χ1n) is 8.02. The van der Waals surface area contributed by atoms with Gasteiger partial charge in [-0.05, 0) is 31.0 Å². The van der Waals surface area contributed by atoms with Gasteiger partial charge in [0.15, 0.2) is 0 Å². The van der Waals surface area contributed by atoms with E-state index >= 15 is 0 Å². The maximum Gasteiger partial charge on any atom is 0.228 e. The Bertz CT molecular complexity index is 479. The fraction of sp³-hybridized carbons (Fsp3) is 0.588. The number of nitrogens with zero attached hydrogens (tertiary/aromatic N) is 1. The molecule has 1 fully saturated rings. The highest BCUT2D eigenvalue weighted by Gasteiger charge is 2.17. The van der Waals surface area contributed by atoms with E-state index in [0.29, 0.717) is 0 Å². The lowest BCUT2D eigenvalue weighted by atomic mass is 10.0. The zero-order valence-electron chi connectivity index (χ0n) is 14.4. The second-order valence-electron chi connectivity index (χ2n) is 6.04. The molecule has 0 spiro atoms. The minimum atomic E-state index is -0.184.